The molecular formula is C73H57N. The molecule has 0 atom stereocenters. The maximum absolute atomic E-state index is 2.49. The van der Waals surface area contributed by atoms with Crippen LogP contribution in [-0.2, 0) is 16.2 Å². The van der Waals surface area contributed by atoms with E-state index >= 15 is 0 Å². The first-order valence-corrected chi connectivity index (χ1v) is 26.5. The number of anilines is 3. The highest BCUT2D eigenvalue weighted by molar-refractivity contribution is 5.98. The summed E-state index contributed by atoms with van der Waals surface area (Å²) in [4.78, 5) is 2.49. The summed E-state index contributed by atoms with van der Waals surface area (Å²) in [6.07, 6.45) is 6.89. The Morgan fingerprint density at radius 3 is 1.58 bits per heavy atom. The van der Waals surface area contributed by atoms with Crippen LogP contribution in [0.1, 0.15) is 85.0 Å². The third kappa shape index (κ3) is 6.42. The summed E-state index contributed by atoms with van der Waals surface area (Å²) in [6, 6.07) is 88.9. The Kier molecular flexibility index (Phi) is 10.0. The van der Waals surface area contributed by atoms with Gasteiger partial charge in [-0.15, -0.1) is 0 Å². The minimum Gasteiger partial charge on any atom is -0.310 e. The number of benzene rings is 10. The highest BCUT2D eigenvalue weighted by Gasteiger charge is 2.46. The largest absolute Gasteiger partial charge is 0.310 e. The van der Waals surface area contributed by atoms with E-state index in [1.807, 2.05) is 0 Å². The number of hydrogen-bond donors (Lipinski definition) is 0. The number of nitrogens with zero attached hydrogens (tertiary/aromatic N) is 1. The summed E-state index contributed by atoms with van der Waals surface area (Å²) in [7, 11) is 0. The first-order chi connectivity index (χ1) is 36.2. The second-order valence-electron chi connectivity index (χ2n) is 21.8. The Morgan fingerprint density at radius 2 is 0.878 bits per heavy atom. The summed E-state index contributed by atoms with van der Waals surface area (Å²) >= 11 is 0. The zero-order valence-corrected chi connectivity index (χ0v) is 42.5. The van der Waals surface area contributed by atoms with Crippen LogP contribution in [0.5, 0.6) is 0 Å². The van der Waals surface area contributed by atoms with Gasteiger partial charge < -0.3 is 4.90 Å². The Bertz CT molecular complexity index is 3880. The van der Waals surface area contributed by atoms with Crippen molar-refractivity contribution in [3.8, 4) is 55.6 Å². The third-order valence-corrected chi connectivity index (χ3v) is 17.3. The monoisotopic (exact) mass is 947 g/mol. The van der Waals surface area contributed by atoms with Crippen LogP contribution in [-0.4, -0.2) is 0 Å². The van der Waals surface area contributed by atoms with Crippen LogP contribution >= 0.6 is 0 Å². The van der Waals surface area contributed by atoms with Crippen molar-refractivity contribution in [2.45, 2.75) is 56.8 Å². The van der Waals surface area contributed by atoms with Crippen LogP contribution in [0.25, 0.3) is 61.2 Å². The lowest BCUT2D eigenvalue weighted by Crippen LogP contribution is -2.28. The van der Waals surface area contributed by atoms with Gasteiger partial charge in [0, 0.05) is 27.8 Å². The summed E-state index contributed by atoms with van der Waals surface area (Å²) < 4.78 is 0. The molecule has 14 rings (SSSR count). The highest BCUT2D eigenvalue weighted by atomic mass is 15.1. The summed E-state index contributed by atoms with van der Waals surface area (Å²) in [5, 5.41) is 0. The van der Waals surface area contributed by atoms with Crippen molar-refractivity contribution < 1.29 is 0 Å². The van der Waals surface area contributed by atoms with Gasteiger partial charge in [-0.05, 0) is 155 Å². The van der Waals surface area contributed by atoms with Gasteiger partial charge in [0.05, 0.1) is 11.1 Å². The number of hydrogen-bond acceptors (Lipinski definition) is 1. The summed E-state index contributed by atoms with van der Waals surface area (Å²) in [6.45, 7) is 9.57. The Morgan fingerprint density at radius 1 is 0.365 bits per heavy atom. The van der Waals surface area contributed by atoms with Crippen molar-refractivity contribution in [3.05, 3.63) is 299 Å². The number of para-hydroxylation sites is 1. The maximum atomic E-state index is 2.49. The van der Waals surface area contributed by atoms with Gasteiger partial charge in [0.15, 0.2) is 0 Å². The topological polar surface area (TPSA) is 3.24 Å². The normalized spacial score (nSPS) is 15.7. The molecule has 1 nitrogen and oxygen atoms in total. The first-order valence-electron chi connectivity index (χ1n) is 26.5. The lowest BCUT2D eigenvalue weighted by molar-refractivity contribution is 0.651. The van der Waals surface area contributed by atoms with Crippen molar-refractivity contribution in [2.75, 3.05) is 4.90 Å². The van der Waals surface area contributed by atoms with Gasteiger partial charge in [0.2, 0.25) is 0 Å². The number of allylic oxidation sites excluding steroid dienone is 4. The Labute approximate surface area is 436 Å². The average Bonchev–Trinajstić information content (AvgIpc) is 3.99. The van der Waals surface area contributed by atoms with Gasteiger partial charge in [-0.1, -0.05) is 240 Å². The van der Waals surface area contributed by atoms with E-state index in [9.17, 15) is 0 Å². The molecule has 0 aliphatic heterocycles. The van der Waals surface area contributed by atoms with Crippen molar-refractivity contribution in [2.24, 2.45) is 0 Å². The van der Waals surface area contributed by atoms with Gasteiger partial charge in [0.1, 0.15) is 0 Å². The van der Waals surface area contributed by atoms with Crippen LogP contribution in [0.15, 0.2) is 254 Å². The Balaban J connectivity index is 0.906. The average molecular weight is 948 g/mol. The molecule has 10 aromatic carbocycles. The molecular weight excluding hydrogens is 891 g/mol. The standard InChI is InChI=1S/C73H57N/c1-71(2)64-33-16-13-28-61(64)69-59(30-20-35-67(69)71)58-27-14-18-36-68(58)74(54-44-39-49(40-45-54)55-29-19-31-60-56-25-11-15-32-63(56)72(3,4)70(55)60)53-42-37-48(38-43-53)50-41-46-66-62(47-50)57-26-12-17-34-65(57)73(66,51-21-7-5-8-22-51)52-23-9-6-10-24-52/h5-12,14-27,29-47H,13,28H2,1-4H3. The fraction of sp³-hybridized carbons (Fsp3) is 0.123. The Hall–Kier alpha value is -8.52. The van der Waals surface area contributed by atoms with Crippen LogP contribution in [0, 0.1) is 0 Å². The van der Waals surface area contributed by atoms with Crippen molar-refractivity contribution in [1.29, 1.82) is 0 Å². The summed E-state index contributed by atoms with van der Waals surface area (Å²) in [5.41, 5.74) is 29.3. The van der Waals surface area contributed by atoms with Gasteiger partial charge in [-0.3, -0.25) is 0 Å². The molecule has 74 heavy (non-hydrogen) atoms. The van der Waals surface area contributed by atoms with Gasteiger partial charge in [0.25, 0.3) is 0 Å². The highest BCUT2D eigenvalue weighted by Crippen LogP contribution is 2.58. The van der Waals surface area contributed by atoms with Gasteiger partial charge in [-0.25, -0.2) is 0 Å². The molecule has 0 saturated heterocycles. The molecule has 354 valence electrons. The van der Waals surface area contributed by atoms with E-state index in [0.29, 0.717) is 0 Å². The molecule has 0 bridgehead atoms. The molecule has 0 unspecified atom stereocenters. The second kappa shape index (κ2) is 16.8. The molecule has 0 N–H and O–H groups in total. The molecule has 10 aromatic rings. The minimum atomic E-state index is -0.428. The molecule has 0 amide bonds. The van der Waals surface area contributed by atoms with Crippen LogP contribution in [0.4, 0.5) is 17.1 Å². The summed E-state index contributed by atoms with van der Waals surface area (Å²) in [5.74, 6) is 0. The van der Waals surface area contributed by atoms with E-state index in [1.165, 1.54) is 111 Å². The molecule has 4 aliphatic rings. The molecule has 0 heterocycles. The molecule has 0 fully saturated rings. The van der Waals surface area contributed by atoms with E-state index in [4.69, 9.17) is 0 Å². The third-order valence-electron chi connectivity index (χ3n) is 17.3. The molecule has 0 saturated carbocycles. The lowest BCUT2D eigenvalue weighted by Gasteiger charge is -2.33. The van der Waals surface area contributed by atoms with E-state index < -0.39 is 5.41 Å². The lowest BCUT2D eigenvalue weighted by atomic mass is 9.67. The van der Waals surface area contributed by atoms with E-state index in [1.54, 1.807) is 0 Å². The van der Waals surface area contributed by atoms with Crippen LogP contribution in [0.2, 0.25) is 0 Å². The number of rotatable bonds is 8. The zero-order valence-electron chi connectivity index (χ0n) is 42.5. The van der Waals surface area contributed by atoms with Gasteiger partial charge >= 0.3 is 0 Å². The van der Waals surface area contributed by atoms with Crippen LogP contribution in [0.3, 0.4) is 0 Å². The maximum Gasteiger partial charge on any atom is 0.0713 e. The number of fused-ring (bicyclic) bond motifs is 8. The fourth-order valence-corrected chi connectivity index (χ4v) is 13.9. The molecule has 1 heteroatoms. The predicted molar refractivity (Wildman–Crippen MR) is 311 cm³/mol. The van der Waals surface area contributed by atoms with E-state index in [-0.39, 0.29) is 10.8 Å². The smallest absolute Gasteiger partial charge is 0.0713 e. The SMILES string of the molecule is CC1(C)C2=C(CCC=C2)c2c(-c3ccccc3N(c3ccc(-c4ccc5c(c4)-c4ccccc4C5(c4ccccc4)c4ccccc4)cc3)c3ccc(-c4cccc5c4C(C)(C)c4ccccc4-5)cc3)cccc21. The second-order valence-corrected chi connectivity index (χ2v) is 21.8. The first kappa shape index (κ1) is 44.2. The fourth-order valence-electron chi connectivity index (χ4n) is 13.9. The minimum absolute atomic E-state index is 0.0599. The van der Waals surface area contributed by atoms with E-state index in [2.05, 4.69) is 281 Å². The van der Waals surface area contributed by atoms with Crippen molar-refractivity contribution in [1.82, 2.24) is 0 Å². The van der Waals surface area contributed by atoms with Crippen LogP contribution < -0.4 is 4.90 Å². The predicted octanol–water partition coefficient (Wildman–Crippen LogP) is 19.2. The van der Waals surface area contributed by atoms with Crippen molar-refractivity contribution in [3.63, 3.8) is 0 Å². The van der Waals surface area contributed by atoms with Gasteiger partial charge in [-0.2, -0.15) is 0 Å². The molecule has 4 aliphatic carbocycles. The molecule has 0 spiro atoms. The molecule has 0 radical (unpaired) electrons. The van der Waals surface area contributed by atoms with Crippen molar-refractivity contribution >= 4 is 22.6 Å². The quantitative estimate of drug-likeness (QED) is 0.147. The zero-order chi connectivity index (χ0) is 49.8. The molecule has 0 aromatic heterocycles. The van der Waals surface area contributed by atoms with E-state index in [0.717, 1.165) is 29.9 Å².